The van der Waals surface area contributed by atoms with Crippen molar-refractivity contribution in [2.75, 3.05) is 9.80 Å². The minimum absolute atomic E-state index is 0.0774. The molecule has 0 N–H and O–H groups in total. The third kappa shape index (κ3) is 11.7. The number of anilines is 2. The Balaban J connectivity index is 0.000000184. The number of halogens is 3. The Labute approximate surface area is 445 Å². The number of Topliss-reactive ketones (excluding diaryl/α,β-unsaturated/α-hetero) is 2. The molecule has 2 aliphatic heterocycles. The maximum absolute atomic E-state index is 13.0. The van der Waals surface area contributed by atoms with Crippen LogP contribution in [0.1, 0.15) is 65.7 Å². The van der Waals surface area contributed by atoms with Crippen molar-refractivity contribution in [3.8, 4) is 22.5 Å². The highest BCUT2D eigenvalue weighted by Gasteiger charge is 2.38. The van der Waals surface area contributed by atoms with Gasteiger partial charge in [-0.15, -0.1) is 0 Å². The second-order valence-electron chi connectivity index (χ2n) is 17.4. The van der Waals surface area contributed by atoms with Gasteiger partial charge in [0.05, 0.1) is 22.8 Å². The van der Waals surface area contributed by atoms with Gasteiger partial charge in [-0.25, -0.2) is 29.7 Å². The van der Waals surface area contributed by atoms with Crippen molar-refractivity contribution in [1.82, 2.24) is 29.9 Å². The van der Waals surface area contributed by atoms with Gasteiger partial charge in [0.2, 0.25) is 0 Å². The molecular formula is C58H41Cl3N8O6. The van der Waals surface area contributed by atoms with Crippen LogP contribution in [-0.2, 0) is 44.9 Å². The predicted octanol–water partition coefficient (Wildman–Crippen LogP) is 10.3. The van der Waals surface area contributed by atoms with Gasteiger partial charge in [-0.05, 0) is 132 Å². The summed E-state index contributed by atoms with van der Waals surface area (Å²) in [6.07, 6.45) is 13.0. The molecule has 0 saturated heterocycles. The van der Waals surface area contributed by atoms with Crippen molar-refractivity contribution >= 4 is 81.4 Å². The number of nitrogens with zero attached hydrogens (tertiary/aromatic N) is 8. The molecule has 0 atom stereocenters. The van der Waals surface area contributed by atoms with Gasteiger partial charge >= 0.3 is 0 Å². The van der Waals surface area contributed by atoms with Crippen molar-refractivity contribution in [3.63, 3.8) is 0 Å². The van der Waals surface area contributed by atoms with Crippen LogP contribution in [0.3, 0.4) is 0 Å². The van der Waals surface area contributed by atoms with Gasteiger partial charge in [0.25, 0.3) is 23.6 Å². The van der Waals surface area contributed by atoms with Crippen molar-refractivity contribution in [2.24, 2.45) is 0 Å². The number of imide groups is 2. The number of carbonyl (C=O) groups is 6. The average molecular weight is 1050 g/mol. The monoisotopic (exact) mass is 1050 g/mol. The van der Waals surface area contributed by atoms with Gasteiger partial charge < -0.3 is 0 Å². The first-order chi connectivity index (χ1) is 36.2. The molecule has 14 nitrogen and oxygen atoms in total. The molecule has 2 aliphatic rings. The molecule has 0 radical (unpaired) electrons. The van der Waals surface area contributed by atoms with Gasteiger partial charge in [0, 0.05) is 91.2 Å². The molecule has 6 heterocycles. The maximum Gasteiger partial charge on any atom is 0.278 e. The third-order valence-corrected chi connectivity index (χ3v) is 13.4. The SMILES string of the molecule is Cc1ccc(CC(=O)c2ccc(N3C(=O)C(Cl)=C(Cl)C3=O)cc2)cc1Cc1nccc(-c2cccnc2)n1.Cc1ccc(CC(=O)c2ccc(N3C(=O)C=C(Cl)C3=O)cc2)cc1Cc1nccc(-c2cccnc2)n1. The number of hydrogen-bond donors (Lipinski definition) is 0. The molecule has 0 aliphatic carbocycles. The summed E-state index contributed by atoms with van der Waals surface area (Å²) in [7, 11) is 0. The lowest BCUT2D eigenvalue weighted by molar-refractivity contribution is -0.121. The molecule has 0 fully saturated rings. The Bertz CT molecular complexity index is 3610. The van der Waals surface area contributed by atoms with E-state index in [0.29, 0.717) is 41.3 Å². The minimum atomic E-state index is -0.692. The largest absolute Gasteiger partial charge is 0.294 e. The summed E-state index contributed by atoms with van der Waals surface area (Å²) in [5, 5.41) is -0.767. The van der Waals surface area contributed by atoms with Crippen LogP contribution in [0.25, 0.3) is 22.5 Å². The summed E-state index contributed by atoms with van der Waals surface area (Å²) in [5.41, 5.74) is 11.0. The van der Waals surface area contributed by atoms with Crippen LogP contribution in [0.15, 0.2) is 180 Å². The predicted molar refractivity (Wildman–Crippen MR) is 285 cm³/mol. The number of carbonyl (C=O) groups excluding carboxylic acids is 6. The summed E-state index contributed by atoms with van der Waals surface area (Å²) >= 11 is 17.4. The Morgan fingerprint density at radius 3 is 1.35 bits per heavy atom. The first-order valence-corrected chi connectivity index (χ1v) is 24.4. The summed E-state index contributed by atoms with van der Waals surface area (Å²) in [6, 6.07) is 35.7. The standard InChI is InChI=1S/C29H20Cl2N4O3.C29H21ClN4O3/c1-17-4-5-18(13-21(17)15-25-33-12-10-23(34-25)20-3-2-11-32-16-20)14-24(36)19-6-8-22(9-7-19)35-28(37)26(30)27(31)29(35)38;1-18-4-5-19(13-22(18)15-27-32-12-10-25(33-27)21-3-2-11-31-17-21)14-26(35)20-6-8-23(9-7-20)34-28(36)16-24(30)29(34)37/h2-13,16H,14-15H2,1H3;2-13,16-17H,14-15H2,1H3. The van der Waals surface area contributed by atoms with Gasteiger partial charge in [-0.3, -0.25) is 38.7 Å². The second-order valence-corrected chi connectivity index (χ2v) is 18.6. The number of hydrogen-bond acceptors (Lipinski definition) is 12. The highest BCUT2D eigenvalue weighted by Crippen LogP contribution is 2.32. The van der Waals surface area contributed by atoms with Gasteiger partial charge in [-0.2, -0.15) is 0 Å². The fraction of sp³-hybridized carbons (Fsp3) is 0.103. The average Bonchev–Trinajstić information content (AvgIpc) is 3.80. The number of ketones is 2. The van der Waals surface area contributed by atoms with Gasteiger partial charge in [0.15, 0.2) is 11.6 Å². The zero-order valence-corrected chi connectivity index (χ0v) is 42.3. The third-order valence-electron chi connectivity index (χ3n) is 12.3. The van der Waals surface area contributed by atoms with Crippen LogP contribution in [-0.4, -0.2) is 65.1 Å². The highest BCUT2D eigenvalue weighted by molar-refractivity contribution is 6.62. The smallest absolute Gasteiger partial charge is 0.278 e. The first kappa shape index (κ1) is 51.2. The summed E-state index contributed by atoms with van der Waals surface area (Å²) in [6.45, 7) is 4.03. The number of pyridine rings is 2. The van der Waals surface area contributed by atoms with E-state index >= 15 is 0 Å². The molecule has 0 unspecified atom stereocenters. The van der Waals surface area contributed by atoms with E-state index in [1.807, 2.05) is 86.6 Å². The van der Waals surface area contributed by atoms with Crippen molar-refractivity contribution in [2.45, 2.75) is 39.5 Å². The van der Waals surface area contributed by atoms with E-state index < -0.39 is 23.6 Å². The highest BCUT2D eigenvalue weighted by atomic mass is 35.5. The van der Waals surface area contributed by atoms with E-state index in [-0.39, 0.29) is 45.2 Å². The van der Waals surface area contributed by atoms with Crippen LogP contribution in [0.2, 0.25) is 0 Å². The molecule has 75 heavy (non-hydrogen) atoms. The number of aromatic nitrogens is 6. The first-order valence-electron chi connectivity index (χ1n) is 23.3. The van der Waals surface area contributed by atoms with Crippen molar-refractivity contribution in [1.29, 1.82) is 0 Å². The van der Waals surface area contributed by atoms with E-state index in [2.05, 4.69) is 24.9 Å². The fourth-order valence-electron chi connectivity index (χ4n) is 8.27. The quantitative estimate of drug-likeness (QED) is 0.0742. The second kappa shape index (κ2) is 22.6. The van der Waals surface area contributed by atoms with Gasteiger partial charge in [0.1, 0.15) is 26.7 Å². The van der Waals surface area contributed by atoms with E-state index in [9.17, 15) is 28.8 Å². The Kier molecular flexibility index (Phi) is 15.4. The molecule has 370 valence electrons. The van der Waals surface area contributed by atoms with Crippen LogP contribution < -0.4 is 9.80 Å². The summed E-state index contributed by atoms with van der Waals surface area (Å²) < 4.78 is 0. The van der Waals surface area contributed by atoms with Crippen molar-refractivity contribution in [3.05, 3.63) is 236 Å². The molecule has 0 saturated carbocycles. The van der Waals surface area contributed by atoms with Crippen LogP contribution in [0.4, 0.5) is 11.4 Å². The molecule has 0 bridgehead atoms. The topological polar surface area (TPSA) is 186 Å². The molecule has 17 heteroatoms. The maximum atomic E-state index is 13.0. The number of rotatable bonds is 14. The summed E-state index contributed by atoms with van der Waals surface area (Å²) in [4.78, 5) is 103. The van der Waals surface area contributed by atoms with E-state index in [0.717, 1.165) is 71.8 Å². The van der Waals surface area contributed by atoms with Crippen LogP contribution in [0, 0.1) is 13.8 Å². The molecule has 0 spiro atoms. The lowest BCUT2D eigenvalue weighted by Gasteiger charge is -2.14. The number of amides is 4. The Hall–Kier alpha value is -8.69. The summed E-state index contributed by atoms with van der Waals surface area (Å²) in [5.74, 6) is -1.28. The fourth-order valence-corrected chi connectivity index (χ4v) is 8.78. The van der Waals surface area contributed by atoms with E-state index in [1.54, 1.807) is 73.6 Å². The molecule has 10 rings (SSSR count). The minimum Gasteiger partial charge on any atom is -0.294 e. The van der Waals surface area contributed by atoms with Crippen LogP contribution in [0.5, 0.6) is 0 Å². The molecule has 4 aromatic heterocycles. The molecular weight excluding hydrogens is 1010 g/mol. The van der Waals surface area contributed by atoms with E-state index in [1.165, 1.54) is 12.1 Å². The molecule has 4 aromatic carbocycles. The Morgan fingerprint density at radius 2 is 0.947 bits per heavy atom. The van der Waals surface area contributed by atoms with Gasteiger partial charge in [-0.1, -0.05) is 71.2 Å². The Morgan fingerprint density at radius 1 is 0.507 bits per heavy atom. The van der Waals surface area contributed by atoms with Crippen LogP contribution >= 0.6 is 34.8 Å². The number of benzene rings is 4. The zero-order chi connectivity index (χ0) is 52.8. The lowest BCUT2D eigenvalue weighted by Crippen LogP contribution is -2.30. The zero-order valence-electron chi connectivity index (χ0n) is 40.1. The number of aryl methyl sites for hydroxylation is 2. The molecule has 8 aromatic rings. The lowest BCUT2D eigenvalue weighted by atomic mass is 9.97. The molecule has 4 amide bonds. The van der Waals surface area contributed by atoms with E-state index in [4.69, 9.17) is 39.8 Å². The normalized spacial score (nSPS) is 13.3. The van der Waals surface area contributed by atoms with Crippen molar-refractivity contribution < 1.29 is 28.8 Å².